The summed E-state index contributed by atoms with van der Waals surface area (Å²) in [7, 11) is 0. The first-order valence-electron chi connectivity index (χ1n) is 6.26. The number of pyridine rings is 1. The van der Waals surface area contributed by atoms with Gasteiger partial charge >= 0.3 is 0 Å². The number of benzene rings is 1. The van der Waals surface area contributed by atoms with Gasteiger partial charge in [0, 0.05) is 11.9 Å². The molecule has 4 nitrogen and oxygen atoms in total. The van der Waals surface area contributed by atoms with Gasteiger partial charge in [-0.2, -0.15) is 0 Å². The van der Waals surface area contributed by atoms with Crippen LogP contribution in [0.25, 0.3) is 5.65 Å². The van der Waals surface area contributed by atoms with Gasteiger partial charge in [0.05, 0.1) is 15.7 Å². The van der Waals surface area contributed by atoms with E-state index in [1.54, 1.807) is 35.7 Å². The topological polar surface area (TPSA) is 46.4 Å². The van der Waals surface area contributed by atoms with Gasteiger partial charge in [-0.25, -0.2) is 4.98 Å². The summed E-state index contributed by atoms with van der Waals surface area (Å²) in [4.78, 5) is 16.8. The fourth-order valence-electron chi connectivity index (χ4n) is 2.15. The minimum absolute atomic E-state index is 0.246. The number of hydrogen-bond acceptors (Lipinski definition) is 2. The van der Waals surface area contributed by atoms with Crippen molar-refractivity contribution < 1.29 is 4.79 Å². The van der Waals surface area contributed by atoms with Gasteiger partial charge in [0.2, 0.25) is 0 Å². The van der Waals surface area contributed by atoms with Gasteiger partial charge in [0.25, 0.3) is 5.91 Å². The van der Waals surface area contributed by atoms with Crippen molar-refractivity contribution >= 4 is 40.4 Å². The molecular weight excluding hydrogens is 309 g/mol. The van der Waals surface area contributed by atoms with Gasteiger partial charge in [0.1, 0.15) is 11.3 Å². The second-order valence-corrected chi connectivity index (χ2v) is 5.37. The minimum Gasteiger partial charge on any atom is -0.321 e. The largest absolute Gasteiger partial charge is 0.321 e. The third-order valence-corrected chi connectivity index (χ3v) is 3.84. The molecule has 0 spiro atoms. The lowest BCUT2D eigenvalue weighted by Gasteiger charge is -2.07. The zero-order valence-electron chi connectivity index (χ0n) is 11.1. The number of amides is 1. The van der Waals surface area contributed by atoms with Crippen LogP contribution in [0.3, 0.4) is 0 Å². The van der Waals surface area contributed by atoms with Crippen molar-refractivity contribution in [2.24, 2.45) is 0 Å². The average molecular weight is 320 g/mol. The summed E-state index contributed by atoms with van der Waals surface area (Å²) in [6, 6.07) is 10.5. The molecule has 1 N–H and O–H groups in total. The van der Waals surface area contributed by atoms with E-state index in [2.05, 4.69) is 10.3 Å². The molecule has 0 atom stereocenters. The smallest absolute Gasteiger partial charge is 0.274 e. The number of imidazole rings is 1. The van der Waals surface area contributed by atoms with Crippen molar-refractivity contribution in [1.82, 2.24) is 9.38 Å². The monoisotopic (exact) mass is 319 g/mol. The predicted molar refractivity (Wildman–Crippen MR) is 84.3 cm³/mol. The van der Waals surface area contributed by atoms with Gasteiger partial charge in [-0.15, -0.1) is 0 Å². The highest BCUT2D eigenvalue weighted by Gasteiger charge is 2.16. The van der Waals surface area contributed by atoms with Crippen molar-refractivity contribution in [1.29, 1.82) is 0 Å². The van der Waals surface area contributed by atoms with E-state index < -0.39 is 0 Å². The van der Waals surface area contributed by atoms with Crippen LogP contribution in [0.15, 0.2) is 42.6 Å². The Labute approximate surface area is 131 Å². The molecule has 0 fully saturated rings. The van der Waals surface area contributed by atoms with Crippen LogP contribution in [0.4, 0.5) is 5.69 Å². The lowest BCUT2D eigenvalue weighted by atomic mass is 10.3. The summed E-state index contributed by atoms with van der Waals surface area (Å²) in [5.74, 6) is -0.246. The van der Waals surface area contributed by atoms with Gasteiger partial charge in [-0.3, -0.25) is 9.20 Å². The van der Waals surface area contributed by atoms with E-state index in [-0.39, 0.29) is 5.91 Å². The molecule has 0 aliphatic rings. The Balaban J connectivity index is 1.97. The zero-order valence-corrected chi connectivity index (χ0v) is 12.6. The fraction of sp³-hybridized carbons (Fsp3) is 0.0667. The first-order valence-corrected chi connectivity index (χ1v) is 7.02. The number of nitrogens with zero attached hydrogens (tertiary/aromatic N) is 2. The minimum atomic E-state index is -0.246. The number of aryl methyl sites for hydroxylation is 1. The molecule has 106 valence electrons. The molecule has 0 aliphatic carbocycles. The molecule has 1 amide bonds. The molecule has 21 heavy (non-hydrogen) atoms. The molecule has 0 saturated heterocycles. The quantitative estimate of drug-likeness (QED) is 0.769. The molecule has 6 heteroatoms. The Morgan fingerprint density at radius 3 is 2.76 bits per heavy atom. The highest BCUT2D eigenvalue weighted by molar-refractivity contribution is 6.42. The van der Waals surface area contributed by atoms with E-state index >= 15 is 0 Å². The van der Waals surface area contributed by atoms with Crippen LogP contribution < -0.4 is 5.32 Å². The van der Waals surface area contributed by atoms with Gasteiger partial charge in [-0.05, 0) is 37.3 Å². The SMILES string of the molecule is Cc1nc2ccccn2c1C(=O)Nc1ccc(Cl)c(Cl)c1. The predicted octanol–water partition coefficient (Wildman–Crippen LogP) is 4.20. The molecule has 0 aliphatic heterocycles. The number of rotatable bonds is 2. The van der Waals surface area contributed by atoms with Gasteiger partial charge < -0.3 is 5.32 Å². The van der Waals surface area contributed by atoms with E-state index in [4.69, 9.17) is 23.2 Å². The van der Waals surface area contributed by atoms with Crippen LogP contribution in [-0.2, 0) is 0 Å². The zero-order chi connectivity index (χ0) is 15.0. The fourth-order valence-corrected chi connectivity index (χ4v) is 2.45. The molecule has 2 heterocycles. The highest BCUT2D eigenvalue weighted by Crippen LogP contribution is 2.25. The van der Waals surface area contributed by atoms with E-state index in [9.17, 15) is 4.79 Å². The summed E-state index contributed by atoms with van der Waals surface area (Å²) in [6.45, 7) is 1.80. The lowest BCUT2D eigenvalue weighted by Crippen LogP contribution is -2.15. The van der Waals surface area contributed by atoms with Crippen LogP contribution in [0.1, 0.15) is 16.2 Å². The first-order chi connectivity index (χ1) is 10.1. The summed E-state index contributed by atoms with van der Waals surface area (Å²) in [5, 5.41) is 3.64. The number of nitrogens with one attached hydrogen (secondary N) is 1. The van der Waals surface area contributed by atoms with Crippen LogP contribution in [0.5, 0.6) is 0 Å². The Morgan fingerprint density at radius 1 is 1.19 bits per heavy atom. The van der Waals surface area contributed by atoms with Crippen LogP contribution in [0, 0.1) is 6.92 Å². The van der Waals surface area contributed by atoms with Crippen LogP contribution >= 0.6 is 23.2 Å². The highest BCUT2D eigenvalue weighted by atomic mass is 35.5. The third kappa shape index (κ3) is 2.60. The number of halogens is 2. The van der Waals surface area contributed by atoms with Crippen molar-refractivity contribution in [2.75, 3.05) is 5.32 Å². The van der Waals surface area contributed by atoms with E-state index in [0.29, 0.717) is 27.1 Å². The molecule has 2 aromatic heterocycles. The summed E-state index contributed by atoms with van der Waals surface area (Å²) in [5.41, 5.74) is 2.48. The van der Waals surface area contributed by atoms with Gasteiger partial charge in [0.15, 0.2) is 0 Å². The maximum absolute atomic E-state index is 12.5. The normalized spacial score (nSPS) is 10.8. The molecule has 3 aromatic rings. The van der Waals surface area contributed by atoms with Gasteiger partial charge in [-0.1, -0.05) is 29.3 Å². The number of carbonyl (C=O) groups excluding carboxylic acids is 1. The maximum atomic E-state index is 12.5. The lowest BCUT2D eigenvalue weighted by molar-refractivity contribution is 0.102. The molecular formula is C15H11Cl2N3O. The second kappa shape index (κ2) is 5.39. The number of anilines is 1. The third-order valence-electron chi connectivity index (χ3n) is 3.10. The molecule has 0 saturated carbocycles. The summed E-state index contributed by atoms with van der Waals surface area (Å²) < 4.78 is 1.75. The van der Waals surface area contributed by atoms with Crippen molar-refractivity contribution in [2.45, 2.75) is 6.92 Å². The van der Waals surface area contributed by atoms with Crippen molar-refractivity contribution in [3.8, 4) is 0 Å². The Bertz CT molecular complexity index is 842. The van der Waals surface area contributed by atoms with E-state index in [1.807, 2.05) is 18.2 Å². The first kappa shape index (κ1) is 13.9. The van der Waals surface area contributed by atoms with E-state index in [1.165, 1.54) is 0 Å². The van der Waals surface area contributed by atoms with E-state index in [0.717, 1.165) is 5.65 Å². The Kier molecular flexibility index (Phi) is 3.57. The molecule has 1 aromatic carbocycles. The van der Waals surface area contributed by atoms with Crippen LogP contribution in [0.2, 0.25) is 10.0 Å². The molecule has 0 unspecified atom stereocenters. The average Bonchev–Trinajstić information content (AvgIpc) is 2.78. The Morgan fingerprint density at radius 2 is 2.00 bits per heavy atom. The summed E-state index contributed by atoms with van der Waals surface area (Å²) >= 11 is 11.8. The van der Waals surface area contributed by atoms with Crippen molar-refractivity contribution in [3.63, 3.8) is 0 Å². The molecule has 3 rings (SSSR count). The maximum Gasteiger partial charge on any atom is 0.274 e. The molecule has 0 bridgehead atoms. The summed E-state index contributed by atoms with van der Waals surface area (Å²) in [6.07, 6.45) is 1.80. The Hall–Kier alpha value is -2.04. The number of fused-ring (bicyclic) bond motifs is 1. The number of hydrogen-bond donors (Lipinski definition) is 1. The number of carbonyl (C=O) groups is 1. The van der Waals surface area contributed by atoms with Crippen molar-refractivity contribution in [3.05, 3.63) is 64.0 Å². The standard InChI is InChI=1S/C15H11Cl2N3O/c1-9-14(20-7-3-2-4-13(20)18-9)15(21)19-10-5-6-11(16)12(17)8-10/h2-8H,1H3,(H,19,21). The number of aromatic nitrogens is 2. The molecule has 0 radical (unpaired) electrons. The second-order valence-electron chi connectivity index (χ2n) is 4.56. The van der Waals surface area contributed by atoms with Crippen LogP contribution in [-0.4, -0.2) is 15.3 Å².